The van der Waals surface area contributed by atoms with E-state index in [9.17, 15) is 33.4 Å². The summed E-state index contributed by atoms with van der Waals surface area (Å²) in [6.07, 6.45) is 3.62. The molecule has 51 heavy (non-hydrogen) atoms. The van der Waals surface area contributed by atoms with Gasteiger partial charge in [-0.15, -0.1) is 0 Å². The molecule has 0 aliphatic carbocycles. The lowest BCUT2D eigenvalue weighted by molar-refractivity contribution is -0.385. The zero-order valence-corrected chi connectivity index (χ0v) is 26.1. The number of nitro groups is 2. The molecular formula is C34H28ClF3N6O7. The summed E-state index contributed by atoms with van der Waals surface area (Å²) in [6, 6.07) is 26.0. The number of rotatable bonds is 6. The second-order valence-electron chi connectivity index (χ2n) is 9.15. The van der Waals surface area contributed by atoms with Crippen molar-refractivity contribution in [3.8, 4) is 29.0 Å². The van der Waals surface area contributed by atoms with Crippen molar-refractivity contribution in [2.75, 3.05) is 5.73 Å². The number of aromatic nitrogens is 3. The van der Waals surface area contributed by atoms with E-state index in [1.54, 1.807) is 36.4 Å². The first-order valence-corrected chi connectivity index (χ1v) is 14.2. The smallest absolute Gasteiger partial charge is 0.287 e. The molecule has 3 aromatic heterocycles. The number of phenols is 1. The van der Waals surface area contributed by atoms with Crippen molar-refractivity contribution in [1.82, 2.24) is 15.0 Å². The molecular weight excluding hydrogens is 697 g/mol. The average molecular weight is 725 g/mol. The Kier molecular flexibility index (Phi) is 16.3. The first kappa shape index (κ1) is 40.4. The van der Waals surface area contributed by atoms with Gasteiger partial charge in [-0.2, -0.15) is 0 Å². The number of hydrogen-bond donors (Lipinski definition) is 2. The molecule has 0 bridgehead atoms. The third-order valence-electron chi connectivity index (χ3n) is 5.57. The molecule has 0 atom stereocenters. The van der Waals surface area contributed by atoms with Gasteiger partial charge in [0, 0.05) is 24.3 Å². The van der Waals surface area contributed by atoms with Crippen molar-refractivity contribution < 1.29 is 37.6 Å². The molecule has 0 aliphatic heterocycles. The summed E-state index contributed by atoms with van der Waals surface area (Å²) in [5.41, 5.74) is 5.80. The van der Waals surface area contributed by atoms with Crippen molar-refractivity contribution in [2.45, 2.75) is 7.43 Å². The quantitative estimate of drug-likeness (QED) is 0.0945. The second-order valence-corrected chi connectivity index (χ2v) is 9.54. The largest absolute Gasteiger partial charge is 0.505 e. The zero-order valence-electron chi connectivity index (χ0n) is 25.3. The first-order chi connectivity index (χ1) is 23.9. The molecule has 3 heterocycles. The molecule has 0 spiro atoms. The molecule has 0 aliphatic rings. The van der Waals surface area contributed by atoms with E-state index in [4.69, 9.17) is 31.9 Å². The number of hydrogen-bond acceptors (Lipinski definition) is 11. The highest BCUT2D eigenvalue weighted by molar-refractivity contribution is 6.29. The van der Waals surface area contributed by atoms with E-state index in [0.29, 0.717) is 11.6 Å². The molecule has 6 rings (SSSR count). The monoisotopic (exact) mass is 724 g/mol. The molecule has 0 saturated heterocycles. The van der Waals surface area contributed by atoms with E-state index in [2.05, 4.69) is 15.0 Å². The summed E-state index contributed by atoms with van der Waals surface area (Å²) in [5, 5.41) is 29.2. The molecule has 0 radical (unpaired) electrons. The summed E-state index contributed by atoms with van der Waals surface area (Å²) in [7, 11) is 0. The van der Waals surface area contributed by atoms with Gasteiger partial charge in [0.2, 0.25) is 11.8 Å². The van der Waals surface area contributed by atoms with Gasteiger partial charge < -0.3 is 20.3 Å². The lowest BCUT2D eigenvalue weighted by atomic mass is 10.3. The number of nitrogens with two attached hydrogens (primary N) is 1. The van der Waals surface area contributed by atoms with Crippen LogP contribution in [-0.4, -0.2) is 29.9 Å². The number of para-hydroxylation sites is 3. The number of pyridine rings is 3. The van der Waals surface area contributed by atoms with E-state index >= 15 is 0 Å². The van der Waals surface area contributed by atoms with Crippen LogP contribution in [0, 0.1) is 37.7 Å². The van der Waals surface area contributed by atoms with Crippen LogP contribution in [0.3, 0.4) is 0 Å². The maximum absolute atomic E-state index is 13.2. The molecule has 0 fully saturated rings. The van der Waals surface area contributed by atoms with E-state index < -0.39 is 27.3 Å². The van der Waals surface area contributed by atoms with Crippen molar-refractivity contribution >= 4 is 28.7 Å². The average Bonchev–Trinajstić information content (AvgIpc) is 3.10. The highest BCUT2D eigenvalue weighted by atomic mass is 35.5. The summed E-state index contributed by atoms with van der Waals surface area (Å²) in [6.45, 7) is 0. The summed E-state index contributed by atoms with van der Waals surface area (Å²) < 4.78 is 48.8. The molecule has 0 amide bonds. The van der Waals surface area contributed by atoms with Crippen LogP contribution in [-0.2, 0) is 0 Å². The Labute approximate surface area is 293 Å². The van der Waals surface area contributed by atoms with Crippen LogP contribution in [0.5, 0.6) is 29.0 Å². The summed E-state index contributed by atoms with van der Waals surface area (Å²) in [5.74, 6) is -1.23. The fourth-order valence-corrected chi connectivity index (χ4v) is 3.31. The molecule has 3 N–H and O–H groups in total. The van der Waals surface area contributed by atoms with Gasteiger partial charge in [0.25, 0.3) is 11.4 Å². The number of nitrogen functional groups attached to an aromatic ring is 1. The minimum absolute atomic E-state index is 0. The predicted octanol–water partition coefficient (Wildman–Crippen LogP) is 9.33. The molecule has 0 saturated carbocycles. The van der Waals surface area contributed by atoms with Crippen molar-refractivity contribution in [2.24, 2.45) is 0 Å². The summed E-state index contributed by atoms with van der Waals surface area (Å²) in [4.78, 5) is 30.5. The van der Waals surface area contributed by atoms with Gasteiger partial charge in [-0.1, -0.05) is 55.4 Å². The van der Waals surface area contributed by atoms with Crippen LogP contribution >= 0.6 is 11.6 Å². The van der Waals surface area contributed by atoms with E-state index in [1.807, 2.05) is 0 Å². The molecule has 0 unspecified atom stereocenters. The second kappa shape index (κ2) is 20.5. The lowest BCUT2D eigenvalue weighted by Crippen LogP contribution is -1.92. The topological polar surface area (TPSA) is 190 Å². The predicted molar refractivity (Wildman–Crippen MR) is 183 cm³/mol. The first-order valence-electron chi connectivity index (χ1n) is 13.8. The number of nitrogens with zero attached hydrogens (tertiary/aromatic N) is 5. The van der Waals surface area contributed by atoms with Crippen molar-refractivity contribution in [3.63, 3.8) is 0 Å². The number of anilines is 1. The van der Waals surface area contributed by atoms with Crippen LogP contribution in [0.1, 0.15) is 7.43 Å². The Morgan fingerprint density at radius 1 is 0.608 bits per heavy atom. The molecule has 264 valence electrons. The van der Waals surface area contributed by atoms with Crippen LogP contribution in [0.25, 0.3) is 0 Å². The van der Waals surface area contributed by atoms with Crippen LogP contribution in [0.4, 0.5) is 30.2 Å². The Morgan fingerprint density at radius 2 is 1.04 bits per heavy atom. The molecule has 13 nitrogen and oxygen atoms in total. The number of halogens is 4. The standard InChI is InChI=1S/C11H7FN2O3.C11H9FN2O.C6H5FO.C5H3ClN2O2.CH4/c12-9-3-1-2-4-10(9)17-11-6-5-8(7-13-11)14(15)16;12-9-3-1-2-4-10(9)15-11-6-5-8(13)7-14-11;7-5-3-1-2-4-6(5)8;6-5-2-1-4(3-7-5)8(9)10;/h1-7H;1-7H,13H2;1-4,8H;1-3H;1H4. The Bertz CT molecular complexity index is 1970. The minimum Gasteiger partial charge on any atom is -0.505 e. The number of benzene rings is 3. The van der Waals surface area contributed by atoms with E-state index in [1.165, 1.54) is 79.0 Å². The molecule has 6 aromatic rings. The van der Waals surface area contributed by atoms with Gasteiger partial charge in [0.05, 0.1) is 21.7 Å². The fourth-order valence-electron chi connectivity index (χ4n) is 3.20. The van der Waals surface area contributed by atoms with Crippen molar-refractivity contribution in [3.05, 3.63) is 171 Å². The number of aromatic hydroxyl groups is 1. The summed E-state index contributed by atoms with van der Waals surface area (Å²) >= 11 is 5.38. The van der Waals surface area contributed by atoms with E-state index in [0.717, 1.165) is 12.4 Å². The lowest BCUT2D eigenvalue weighted by Gasteiger charge is -2.04. The van der Waals surface area contributed by atoms with Crippen LogP contribution in [0.15, 0.2) is 128 Å². The van der Waals surface area contributed by atoms with Crippen LogP contribution < -0.4 is 15.2 Å². The van der Waals surface area contributed by atoms with Gasteiger partial charge in [-0.3, -0.25) is 20.2 Å². The van der Waals surface area contributed by atoms with Gasteiger partial charge >= 0.3 is 0 Å². The molecule has 17 heteroatoms. The SMILES string of the molecule is C.Nc1ccc(Oc2ccccc2F)nc1.O=[N+]([O-])c1ccc(Cl)nc1.O=[N+]([O-])c1ccc(Oc2ccccc2F)nc1.Oc1ccccc1F. The highest BCUT2D eigenvalue weighted by Crippen LogP contribution is 2.24. The van der Waals surface area contributed by atoms with Gasteiger partial charge in [-0.25, -0.2) is 28.1 Å². The van der Waals surface area contributed by atoms with Gasteiger partial charge in [-0.05, 0) is 48.5 Å². The zero-order chi connectivity index (χ0) is 36.5. The van der Waals surface area contributed by atoms with Gasteiger partial charge in [0.1, 0.15) is 17.5 Å². The Hall–Kier alpha value is -6.81. The number of ether oxygens (including phenoxy) is 2. The Balaban J connectivity index is 0.000000243. The number of phenolic OH excluding ortho intramolecular Hbond substituents is 1. The van der Waals surface area contributed by atoms with Crippen molar-refractivity contribution in [1.29, 1.82) is 0 Å². The van der Waals surface area contributed by atoms with E-state index in [-0.39, 0.29) is 47.1 Å². The Morgan fingerprint density at radius 3 is 1.39 bits per heavy atom. The normalized spacial score (nSPS) is 9.49. The third-order valence-corrected chi connectivity index (χ3v) is 5.79. The van der Waals surface area contributed by atoms with Gasteiger partial charge in [0.15, 0.2) is 34.7 Å². The maximum Gasteiger partial charge on any atom is 0.287 e. The fraction of sp³-hybridized carbons (Fsp3) is 0.0294. The third kappa shape index (κ3) is 14.1. The highest BCUT2D eigenvalue weighted by Gasteiger charge is 2.08. The van der Waals surface area contributed by atoms with Crippen LogP contribution in [0.2, 0.25) is 5.15 Å². The maximum atomic E-state index is 13.2. The minimum atomic E-state index is -0.576. The molecule has 3 aromatic carbocycles.